The Morgan fingerprint density at radius 1 is 1.45 bits per heavy atom. The van der Waals surface area contributed by atoms with Gasteiger partial charge >= 0.3 is 5.97 Å². The van der Waals surface area contributed by atoms with Gasteiger partial charge in [0.1, 0.15) is 5.82 Å². The maximum atomic E-state index is 11.8. The van der Waals surface area contributed by atoms with Gasteiger partial charge in [-0.25, -0.2) is 9.47 Å². The summed E-state index contributed by atoms with van der Waals surface area (Å²) < 4.78 is 6.40. The lowest BCUT2D eigenvalue weighted by atomic mass is 10.2. The van der Waals surface area contributed by atoms with Gasteiger partial charge in [0, 0.05) is 5.69 Å². The molecule has 0 saturated heterocycles. The number of aromatic nitrogens is 3. The van der Waals surface area contributed by atoms with E-state index in [-0.39, 0.29) is 0 Å². The Bertz CT molecular complexity index is 681. The number of esters is 1. The number of carbonyl (C=O) groups excluding carboxylic acids is 1. The predicted octanol–water partition coefficient (Wildman–Crippen LogP) is 2.25. The summed E-state index contributed by atoms with van der Waals surface area (Å²) >= 11 is 7.40. The van der Waals surface area contributed by atoms with E-state index in [1.165, 1.54) is 28.6 Å². The van der Waals surface area contributed by atoms with Crippen molar-refractivity contribution in [2.45, 2.75) is 30.3 Å². The highest BCUT2D eigenvalue weighted by Crippen LogP contribution is 2.37. The average molecular weight is 342 g/mol. The summed E-state index contributed by atoms with van der Waals surface area (Å²) in [5.74, 6) is 5.91. The van der Waals surface area contributed by atoms with Gasteiger partial charge in [0.2, 0.25) is 5.16 Å². The second kappa shape index (κ2) is 6.89. The molecule has 0 bridgehead atoms. The third kappa shape index (κ3) is 3.45. The Kier molecular flexibility index (Phi) is 5.15. The lowest BCUT2D eigenvalue weighted by Gasteiger charge is -2.10. The molecule has 0 atom stereocenters. The highest BCUT2D eigenvalue weighted by atomic mass is 35.5. The van der Waals surface area contributed by atoms with E-state index in [0.29, 0.717) is 38.8 Å². The maximum Gasteiger partial charge on any atom is 0.338 e. The normalized spacial score (nSPS) is 10.7. The van der Waals surface area contributed by atoms with Crippen LogP contribution in [0.25, 0.3) is 0 Å². The number of carbonyl (C=O) groups is 1. The number of nitrogen functional groups attached to an aromatic ring is 2. The van der Waals surface area contributed by atoms with Crippen LogP contribution < -0.4 is 11.6 Å². The van der Waals surface area contributed by atoms with Crippen molar-refractivity contribution in [1.82, 2.24) is 14.9 Å². The van der Waals surface area contributed by atoms with Crippen LogP contribution in [0.15, 0.2) is 22.2 Å². The van der Waals surface area contributed by atoms with Crippen molar-refractivity contribution in [3.63, 3.8) is 0 Å². The number of rotatable bonds is 5. The first-order chi connectivity index (χ1) is 10.4. The molecule has 1 heterocycles. The predicted molar refractivity (Wildman–Crippen MR) is 85.5 cm³/mol. The second-order valence-electron chi connectivity index (χ2n) is 4.51. The standard InChI is InChI=1S/C13H16ClN5O2S/c1-3-4-21-12(20)8-5-9(14)11(10(15)6-8)22-13-18-17-7(2)19(13)16/h5-6H,3-4,15-16H2,1-2H3. The largest absolute Gasteiger partial charge is 0.462 e. The first-order valence-electron chi connectivity index (χ1n) is 6.55. The monoisotopic (exact) mass is 341 g/mol. The number of benzene rings is 1. The molecule has 0 aliphatic rings. The molecule has 0 saturated carbocycles. The van der Waals surface area contributed by atoms with Crippen LogP contribution in [0.1, 0.15) is 29.5 Å². The van der Waals surface area contributed by atoms with Crippen LogP contribution in [0.5, 0.6) is 0 Å². The molecule has 0 aliphatic carbocycles. The summed E-state index contributed by atoms with van der Waals surface area (Å²) in [5.41, 5.74) is 6.64. The number of hydrogen-bond donors (Lipinski definition) is 2. The smallest absolute Gasteiger partial charge is 0.338 e. The molecule has 0 aliphatic heterocycles. The van der Waals surface area contributed by atoms with Gasteiger partial charge in [-0.1, -0.05) is 18.5 Å². The highest BCUT2D eigenvalue weighted by molar-refractivity contribution is 7.99. The van der Waals surface area contributed by atoms with Crippen molar-refractivity contribution < 1.29 is 9.53 Å². The summed E-state index contributed by atoms with van der Waals surface area (Å²) in [5, 5.41) is 8.58. The lowest BCUT2D eigenvalue weighted by molar-refractivity contribution is 0.0505. The fourth-order valence-corrected chi connectivity index (χ4v) is 2.80. The lowest BCUT2D eigenvalue weighted by Crippen LogP contribution is -2.11. The van der Waals surface area contributed by atoms with Gasteiger partial charge in [-0.3, -0.25) is 0 Å². The number of aryl methyl sites for hydroxylation is 1. The summed E-state index contributed by atoms with van der Waals surface area (Å²) in [4.78, 5) is 12.4. The van der Waals surface area contributed by atoms with Crippen LogP contribution in [-0.4, -0.2) is 27.4 Å². The van der Waals surface area contributed by atoms with Crippen LogP contribution in [0, 0.1) is 6.92 Å². The molecular weight excluding hydrogens is 326 g/mol. The zero-order valence-electron chi connectivity index (χ0n) is 12.2. The summed E-state index contributed by atoms with van der Waals surface area (Å²) in [7, 11) is 0. The van der Waals surface area contributed by atoms with Crippen LogP contribution in [0.3, 0.4) is 0 Å². The molecule has 0 radical (unpaired) electrons. The molecule has 0 fully saturated rings. The molecule has 1 aromatic heterocycles. The number of nitrogens with zero attached hydrogens (tertiary/aromatic N) is 3. The summed E-state index contributed by atoms with van der Waals surface area (Å²) in [6.07, 6.45) is 0.744. The molecule has 2 aromatic rings. The molecule has 22 heavy (non-hydrogen) atoms. The van der Waals surface area contributed by atoms with Crippen LogP contribution in [0.4, 0.5) is 5.69 Å². The van der Waals surface area contributed by atoms with Crippen molar-refractivity contribution in [1.29, 1.82) is 0 Å². The van der Waals surface area contributed by atoms with Gasteiger partial charge in [0.25, 0.3) is 0 Å². The number of hydrogen-bond acceptors (Lipinski definition) is 7. The highest BCUT2D eigenvalue weighted by Gasteiger charge is 2.17. The number of nitrogens with two attached hydrogens (primary N) is 2. The molecule has 9 heteroatoms. The third-order valence-corrected chi connectivity index (χ3v) is 4.30. The van der Waals surface area contributed by atoms with Crippen molar-refractivity contribution in [2.24, 2.45) is 0 Å². The van der Waals surface area contributed by atoms with E-state index in [2.05, 4.69) is 10.2 Å². The zero-order chi connectivity index (χ0) is 16.3. The molecule has 0 spiro atoms. The average Bonchev–Trinajstić information content (AvgIpc) is 2.80. The Hall–Kier alpha value is -1.93. The SMILES string of the molecule is CCCOC(=O)c1cc(N)c(Sc2nnc(C)n2N)c(Cl)c1. The van der Waals surface area contributed by atoms with E-state index in [1.54, 1.807) is 6.92 Å². The summed E-state index contributed by atoms with van der Waals surface area (Å²) in [6.45, 7) is 4.00. The topological polar surface area (TPSA) is 109 Å². The van der Waals surface area contributed by atoms with Crippen LogP contribution in [-0.2, 0) is 4.74 Å². The molecule has 4 N–H and O–H groups in total. The number of halogens is 1. The van der Waals surface area contributed by atoms with Crippen molar-refractivity contribution in [3.8, 4) is 0 Å². The van der Waals surface area contributed by atoms with E-state index in [0.717, 1.165) is 6.42 Å². The van der Waals surface area contributed by atoms with E-state index in [9.17, 15) is 4.79 Å². The Labute approximate surface area is 136 Å². The molecule has 7 nitrogen and oxygen atoms in total. The molecule has 0 unspecified atom stereocenters. The van der Waals surface area contributed by atoms with Crippen molar-refractivity contribution >= 4 is 35.0 Å². The first kappa shape index (κ1) is 16.4. The van der Waals surface area contributed by atoms with Crippen molar-refractivity contribution in [3.05, 3.63) is 28.5 Å². The minimum atomic E-state index is -0.454. The van der Waals surface area contributed by atoms with Crippen LogP contribution >= 0.6 is 23.4 Å². The van der Waals surface area contributed by atoms with E-state index >= 15 is 0 Å². The van der Waals surface area contributed by atoms with Crippen molar-refractivity contribution in [2.75, 3.05) is 18.2 Å². The minimum absolute atomic E-state index is 0.311. The Morgan fingerprint density at radius 3 is 2.73 bits per heavy atom. The van der Waals surface area contributed by atoms with Gasteiger partial charge in [-0.05, 0) is 37.2 Å². The quantitative estimate of drug-likeness (QED) is 0.487. The second-order valence-corrected chi connectivity index (χ2v) is 5.90. The van der Waals surface area contributed by atoms with Gasteiger partial charge in [-0.15, -0.1) is 10.2 Å². The summed E-state index contributed by atoms with van der Waals surface area (Å²) in [6, 6.07) is 3.04. The Morgan fingerprint density at radius 2 is 2.18 bits per heavy atom. The third-order valence-electron chi connectivity index (χ3n) is 2.77. The zero-order valence-corrected chi connectivity index (χ0v) is 13.7. The van der Waals surface area contributed by atoms with Gasteiger partial charge in [0.05, 0.1) is 22.1 Å². The molecular formula is C13H16ClN5O2S. The molecule has 1 aromatic carbocycles. The number of ether oxygens (including phenoxy) is 1. The van der Waals surface area contributed by atoms with Crippen LogP contribution in [0.2, 0.25) is 5.02 Å². The first-order valence-corrected chi connectivity index (χ1v) is 7.74. The fraction of sp³-hybridized carbons (Fsp3) is 0.308. The van der Waals surface area contributed by atoms with Gasteiger partial charge < -0.3 is 16.3 Å². The maximum absolute atomic E-state index is 11.8. The Balaban J connectivity index is 2.27. The molecule has 0 amide bonds. The van der Waals surface area contributed by atoms with Gasteiger partial charge in [0.15, 0.2) is 0 Å². The molecule has 2 rings (SSSR count). The number of anilines is 1. The minimum Gasteiger partial charge on any atom is -0.462 e. The van der Waals surface area contributed by atoms with E-state index in [4.69, 9.17) is 27.9 Å². The van der Waals surface area contributed by atoms with Gasteiger partial charge in [-0.2, -0.15) is 0 Å². The van der Waals surface area contributed by atoms with E-state index < -0.39 is 5.97 Å². The fourth-order valence-electron chi connectivity index (χ4n) is 1.63. The van der Waals surface area contributed by atoms with E-state index in [1.807, 2.05) is 6.92 Å². The molecule has 118 valence electrons.